The number of hydrazone groups is 1. The van der Waals surface area contributed by atoms with Gasteiger partial charge in [-0.25, -0.2) is 0 Å². The van der Waals surface area contributed by atoms with E-state index in [1.807, 2.05) is 49.4 Å². The van der Waals surface area contributed by atoms with Crippen molar-refractivity contribution in [3.63, 3.8) is 0 Å². The highest BCUT2D eigenvalue weighted by Gasteiger charge is 2.10. The molecule has 1 N–H and O–H groups in total. The molecular weight excluding hydrogens is 266 g/mol. The maximum atomic E-state index is 10.9. The number of benzene rings is 2. The van der Waals surface area contributed by atoms with Crippen LogP contribution in [0.25, 0.3) is 6.08 Å². The Morgan fingerprint density at radius 3 is 2.52 bits per heavy atom. The van der Waals surface area contributed by atoms with Crippen LogP contribution >= 0.6 is 0 Å². The van der Waals surface area contributed by atoms with Crippen LogP contribution < -0.4 is 5.43 Å². The summed E-state index contributed by atoms with van der Waals surface area (Å²) in [5, 5.41) is 15.0. The average molecular weight is 281 g/mol. The molecule has 2 aromatic rings. The summed E-state index contributed by atoms with van der Waals surface area (Å²) >= 11 is 0. The lowest BCUT2D eigenvalue weighted by molar-refractivity contribution is -0.384. The monoisotopic (exact) mass is 281 g/mol. The van der Waals surface area contributed by atoms with Crippen LogP contribution in [0, 0.1) is 10.1 Å². The molecule has 0 saturated heterocycles. The Morgan fingerprint density at radius 1 is 1.14 bits per heavy atom. The number of nitro groups is 1. The van der Waals surface area contributed by atoms with E-state index < -0.39 is 4.92 Å². The van der Waals surface area contributed by atoms with Gasteiger partial charge in [0.15, 0.2) is 0 Å². The van der Waals surface area contributed by atoms with Crippen LogP contribution in [-0.4, -0.2) is 10.6 Å². The second-order valence-corrected chi connectivity index (χ2v) is 4.38. The summed E-state index contributed by atoms with van der Waals surface area (Å²) in [6, 6.07) is 16.2. The zero-order valence-electron chi connectivity index (χ0n) is 11.6. The molecule has 0 spiro atoms. The van der Waals surface area contributed by atoms with E-state index in [1.165, 1.54) is 6.07 Å². The third kappa shape index (κ3) is 4.28. The van der Waals surface area contributed by atoms with Crippen molar-refractivity contribution in [1.29, 1.82) is 0 Å². The molecule has 0 atom stereocenters. The number of hydrogen-bond acceptors (Lipinski definition) is 4. The second-order valence-electron chi connectivity index (χ2n) is 4.38. The van der Waals surface area contributed by atoms with Crippen molar-refractivity contribution in [3.05, 3.63) is 76.4 Å². The van der Waals surface area contributed by atoms with Crippen LogP contribution in [0.4, 0.5) is 11.4 Å². The lowest BCUT2D eigenvalue weighted by Gasteiger charge is -2.02. The van der Waals surface area contributed by atoms with Gasteiger partial charge in [0, 0.05) is 6.07 Å². The smallest absolute Gasteiger partial charge is 0.271 e. The van der Waals surface area contributed by atoms with E-state index in [-0.39, 0.29) is 5.69 Å². The van der Waals surface area contributed by atoms with Crippen LogP contribution in [0.15, 0.2) is 65.8 Å². The van der Waals surface area contributed by atoms with E-state index in [2.05, 4.69) is 10.5 Å². The topological polar surface area (TPSA) is 67.5 Å². The summed E-state index contributed by atoms with van der Waals surface area (Å²) in [4.78, 5) is 10.4. The predicted octanol–water partition coefficient (Wildman–Crippen LogP) is 4.10. The predicted molar refractivity (Wildman–Crippen MR) is 85.3 cm³/mol. The Labute approximate surface area is 122 Å². The van der Waals surface area contributed by atoms with Crippen LogP contribution in [0.3, 0.4) is 0 Å². The summed E-state index contributed by atoms with van der Waals surface area (Å²) in [5.74, 6) is 0. The van der Waals surface area contributed by atoms with Gasteiger partial charge >= 0.3 is 0 Å². The van der Waals surface area contributed by atoms with Gasteiger partial charge in [0.05, 0.1) is 10.6 Å². The number of nitro benzene ring substituents is 1. The van der Waals surface area contributed by atoms with E-state index >= 15 is 0 Å². The van der Waals surface area contributed by atoms with E-state index in [0.717, 1.165) is 11.3 Å². The van der Waals surface area contributed by atoms with Gasteiger partial charge in [-0.3, -0.25) is 15.5 Å². The third-order valence-corrected chi connectivity index (χ3v) is 2.77. The number of para-hydroxylation sites is 2. The SMILES string of the molecule is CC(/C=C/c1ccccc1)=NNc1ccccc1[N+](=O)[O-]. The molecule has 0 aliphatic rings. The normalized spacial score (nSPS) is 11.6. The standard InChI is InChI=1S/C16H15N3O2/c1-13(11-12-14-7-3-2-4-8-14)17-18-15-9-5-6-10-16(15)19(20)21/h2-12,18H,1H3/b12-11+,17-13?. The Hall–Kier alpha value is -2.95. The summed E-state index contributed by atoms with van der Waals surface area (Å²) < 4.78 is 0. The molecule has 0 amide bonds. The highest BCUT2D eigenvalue weighted by atomic mass is 16.6. The minimum absolute atomic E-state index is 0.00101. The third-order valence-electron chi connectivity index (χ3n) is 2.77. The minimum Gasteiger partial charge on any atom is -0.271 e. The largest absolute Gasteiger partial charge is 0.294 e. The van der Waals surface area contributed by atoms with Gasteiger partial charge in [-0.2, -0.15) is 5.10 Å². The number of nitrogens with zero attached hydrogens (tertiary/aromatic N) is 2. The Bertz CT molecular complexity index is 679. The van der Waals surface area contributed by atoms with Crippen molar-refractivity contribution < 1.29 is 4.92 Å². The van der Waals surface area contributed by atoms with Gasteiger partial charge in [0.1, 0.15) is 5.69 Å². The number of allylic oxidation sites excluding steroid dienone is 1. The van der Waals surface area contributed by atoms with Gasteiger partial charge in [-0.15, -0.1) is 0 Å². The first-order valence-electron chi connectivity index (χ1n) is 6.43. The first-order valence-corrected chi connectivity index (χ1v) is 6.43. The van der Waals surface area contributed by atoms with Crippen molar-refractivity contribution >= 4 is 23.2 Å². The fraction of sp³-hybridized carbons (Fsp3) is 0.0625. The van der Waals surface area contributed by atoms with E-state index in [1.54, 1.807) is 18.2 Å². The van der Waals surface area contributed by atoms with Crippen molar-refractivity contribution in [3.8, 4) is 0 Å². The van der Waals surface area contributed by atoms with Crippen molar-refractivity contribution in [2.75, 3.05) is 5.43 Å². The van der Waals surface area contributed by atoms with E-state index in [0.29, 0.717) is 5.69 Å². The van der Waals surface area contributed by atoms with Gasteiger partial charge in [-0.05, 0) is 24.6 Å². The van der Waals surface area contributed by atoms with Gasteiger partial charge in [0.25, 0.3) is 5.69 Å². The van der Waals surface area contributed by atoms with Crippen LogP contribution in [0.1, 0.15) is 12.5 Å². The van der Waals surface area contributed by atoms with E-state index in [9.17, 15) is 10.1 Å². The summed E-state index contributed by atoms with van der Waals surface area (Å²) in [6.07, 6.45) is 3.77. The molecule has 5 nitrogen and oxygen atoms in total. The molecule has 5 heteroatoms. The van der Waals surface area contributed by atoms with Crippen LogP contribution in [0.5, 0.6) is 0 Å². The van der Waals surface area contributed by atoms with Gasteiger partial charge in [-0.1, -0.05) is 48.5 Å². The van der Waals surface area contributed by atoms with Gasteiger partial charge in [0.2, 0.25) is 0 Å². The van der Waals surface area contributed by atoms with E-state index in [4.69, 9.17) is 0 Å². The molecule has 2 aromatic carbocycles. The minimum atomic E-state index is -0.438. The second kappa shape index (κ2) is 7.00. The quantitative estimate of drug-likeness (QED) is 0.509. The molecule has 0 radical (unpaired) electrons. The first-order chi connectivity index (χ1) is 10.2. The highest BCUT2D eigenvalue weighted by Crippen LogP contribution is 2.22. The van der Waals surface area contributed by atoms with Crippen molar-refractivity contribution in [2.45, 2.75) is 6.92 Å². The molecule has 21 heavy (non-hydrogen) atoms. The Morgan fingerprint density at radius 2 is 1.81 bits per heavy atom. The maximum Gasteiger partial charge on any atom is 0.294 e. The molecule has 0 aromatic heterocycles. The summed E-state index contributed by atoms with van der Waals surface area (Å²) in [7, 11) is 0. The molecule has 0 unspecified atom stereocenters. The fourth-order valence-electron chi connectivity index (χ4n) is 1.69. The van der Waals surface area contributed by atoms with Crippen molar-refractivity contribution in [1.82, 2.24) is 0 Å². The summed E-state index contributed by atoms with van der Waals surface area (Å²) in [5.41, 5.74) is 4.88. The van der Waals surface area contributed by atoms with Crippen LogP contribution in [0.2, 0.25) is 0 Å². The lowest BCUT2D eigenvalue weighted by Crippen LogP contribution is -1.98. The number of hydrogen-bond donors (Lipinski definition) is 1. The zero-order valence-corrected chi connectivity index (χ0v) is 11.6. The zero-order chi connectivity index (χ0) is 15.1. The molecule has 0 fully saturated rings. The molecule has 0 aliphatic heterocycles. The molecule has 2 rings (SSSR count). The fourth-order valence-corrected chi connectivity index (χ4v) is 1.69. The summed E-state index contributed by atoms with van der Waals surface area (Å²) in [6.45, 7) is 1.82. The van der Waals surface area contributed by atoms with Gasteiger partial charge < -0.3 is 0 Å². The Balaban J connectivity index is 2.07. The molecule has 0 bridgehead atoms. The molecule has 0 heterocycles. The highest BCUT2D eigenvalue weighted by molar-refractivity contribution is 5.96. The lowest BCUT2D eigenvalue weighted by atomic mass is 10.2. The first kappa shape index (κ1) is 14.5. The average Bonchev–Trinajstić information content (AvgIpc) is 2.52. The number of rotatable bonds is 5. The molecule has 0 saturated carbocycles. The maximum absolute atomic E-state index is 10.9. The Kier molecular flexibility index (Phi) is 4.82. The molecular formula is C16H15N3O2. The number of nitrogens with one attached hydrogen (secondary N) is 1. The molecule has 106 valence electrons. The number of anilines is 1. The molecule has 0 aliphatic carbocycles. The van der Waals surface area contributed by atoms with Crippen LogP contribution in [-0.2, 0) is 0 Å². The van der Waals surface area contributed by atoms with Crippen molar-refractivity contribution in [2.24, 2.45) is 5.10 Å².